The van der Waals surface area contributed by atoms with Gasteiger partial charge in [-0.3, -0.25) is 0 Å². The highest BCUT2D eigenvalue weighted by Crippen LogP contribution is 2.28. The van der Waals surface area contributed by atoms with Gasteiger partial charge < -0.3 is 19.6 Å². The summed E-state index contributed by atoms with van der Waals surface area (Å²) in [6.45, 7) is 2.39. The van der Waals surface area contributed by atoms with Gasteiger partial charge in [0, 0.05) is 32.1 Å². The van der Waals surface area contributed by atoms with Crippen LogP contribution in [-0.4, -0.2) is 40.4 Å². The van der Waals surface area contributed by atoms with Gasteiger partial charge in [-0.05, 0) is 30.9 Å². The molecule has 1 aliphatic rings. The summed E-state index contributed by atoms with van der Waals surface area (Å²) in [5, 5.41) is 13.0. The van der Waals surface area contributed by atoms with Crippen LogP contribution in [0.2, 0.25) is 0 Å². The Hall–Kier alpha value is -1.43. The molecule has 0 spiro atoms. The predicted octanol–water partition coefficient (Wildman–Crippen LogP) is 1.21. The lowest BCUT2D eigenvalue weighted by Gasteiger charge is -2.11. The molecule has 0 aliphatic heterocycles. The predicted molar refractivity (Wildman–Crippen MR) is 76.4 cm³/mol. The van der Waals surface area contributed by atoms with Gasteiger partial charge in [-0.15, -0.1) is 0 Å². The Morgan fingerprint density at radius 2 is 2.35 bits per heavy atom. The second-order valence-electron chi connectivity index (χ2n) is 5.46. The van der Waals surface area contributed by atoms with Crippen molar-refractivity contribution in [1.29, 1.82) is 0 Å². The first-order valence-corrected chi connectivity index (χ1v) is 7.20. The van der Waals surface area contributed by atoms with Gasteiger partial charge in [0.2, 0.25) is 0 Å². The van der Waals surface area contributed by atoms with Gasteiger partial charge in [0.1, 0.15) is 5.65 Å². The molecule has 0 bridgehead atoms. The first-order valence-electron chi connectivity index (χ1n) is 7.20. The molecule has 5 nitrogen and oxygen atoms in total. The third-order valence-corrected chi connectivity index (χ3v) is 3.46. The van der Waals surface area contributed by atoms with Crippen molar-refractivity contribution in [2.75, 3.05) is 19.8 Å². The Kier molecular flexibility index (Phi) is 4.30. The van der Waals surface area contributed by atoms with E-state index in [1.807, 2.05) is 35.0 Å². The van der Waals surface area contributed by atoms with E-state index in [4.69, 9.17) is 4.74 Å². The van der Waals surface area contributed by atoms with Crippen molar-refractivity contribution in [3.05, 3.63) is 36.3 Å². The molecule has 2 N–H and O–H groups in total. The molecule has 20 heavy (non-hydrogen) atoms. The fourth-order valence-corrected chi connectivity index (χ4v) is 2.15. The van der Waals surface area contributed by atoms with E-state index < -0.39 is 6.10 Å². The summed E-state index contributed by atoms with van der Waals surface area (Å²) in [7, 11) is 0. The number of aromatic nitrogens is 2. The molecule has 108 valence electrons. The number of fused-ring (bicyclic) bond motifs is 1. The van der Waals surface area contributed by atoms with Gasteiger partial charge >= 0.3 is 0 Å². The maximum Gasteiger partial charge on any atom is 0.137 e. The average Bonchev–Trinajstić information content (AvgIpc) is 3.17. The van der Waals surface area contributed by atoms with Crippen LogP contribution in [0.3, 0.4) is 0 Å². The number of rotatable bonds is 8. The lowest BCUT2D eigenvalue weighted by Crippen LogP contribution is -2.30. The number of hydrogen-bond acceptors (Lipinski definition) is 4. The third kappa shape index (κ3) is 3.79. The van der Waals surface area contributed by atoms with Crippen LogP contribution in [0.4, 0.5) is 0 Å². The number of aliphatic hydroxyl groups excluding tert-OH is 1. The molecule has 2 aromatic heterocycles. The van der Waals surface area contributed by atoms with Crippen LogP contribution in [0, 0.1) is 5.92 Å². The Morgan fingerprint density at radius 1 is 1.45 bits per heavy atom. The van der Waals surface area contributed by atoms with Gasteiger partial charge in [0.05, 0.1) is 18.4 Å². The summed E-state index contributed by atoms with van der Waals surface area (Å²) in [5.74, 6) is 0.744. The van der Waals surface area contributed by atoms with Crippen molar-refractivity contribution < 1.29 is 9.84 Å². The van der Waals surface area contributed by atoms with E-state index in [1.54, 1.807) is 0 Å². The number of hydrogen-bond donors (Lipinski definition) is 2. The van der Waals surface area contributed by atoms with E-state index in [-0.39, 0.29) is 0 Å². The van der Waals surface area contributed by atoms with Gasteiger partial charge in [-0.1, -0.05) is 6.07 Å². The van der Waals surface area contributed by atoms with Crippen LogP contribution in [0.15, 0.2) is 30.6 Å². The SMILES string of the molecule is OC(CNCc1cn2ccccc2n1)COCC1CC1. The minimum Gasteiger partial charge on any atom is -0.389 e. The minimum atomic E-state index is -0.453. The zero-order valence-corrected chi connectivity index (χ0v) is 11.5. The Balaban J connectivity index is 1.37. The van der Waals surface area contributed by atoms with E-state index in [2.05, 4.69) is 10.3 Å². The smallest absolute Gasteiger partial charge is 0.137 e. The van der Waals surface area contributed by atoms with E-state index in [0.717, 1.165) is 23.9 Å². The van der Waals surface area contributed by atoms with Crippen LogP contribution in [0.25, 0.3) is 5.65 Å². The molecule has 0 radical (unpaired) electrons. The fourth-order valence-electron chi connectivity index (χ4n) is 2.15. The van der Waals surface area contributed by atoms with Crippen molar-refractivity contribution in [3.63, 3.8) is 0 Å². The minimum absolute atomic E-state index is 0.411. The van der Waals surface area contributed by atoms with Crippen molar-refractivity contribution in [1.82, 2.24) is 14.7 Å². The lowest BCUT2D eigenvalue weighted by atomic mass is 10.3. The number of pyridine rings is 1. The molecule has 2 heterocycles. The highest BCUT2D eigenvalue weighted by molar-refractivity contribution is 5.39. The monoisotopic (exact) mass is 275 g/mol. The Morgan fingerprint density at radius 3 is 3.15 bits per heavy atom. The summed E-state index contributed by atoms with van der Waals surface area (Å²) in [4.78, 5) is 4.49. The number of nitrogens with zero attached hydrogens (tertiary/aromatic N) is 2. The largest absolute Gasteiger partial charge is 0.389 e. The first kappa shape index (κ1) is 13.5. The van der Waals surface area contributed by atoms with E-state index in [0.29, 0.717) is 19.7 Å². The van der Waals surface area contributed by atoms with Crippen LogP contribution in [0.1, 0.15) is 18.5 Å². The molecule has 0 amide bonds. The van der Waals surface area contributed by atoms with Gasteiger partial charge in [0.15, 0.2) is 0 Å². The zero-order valence-electron chi connectivity index (χ0n) is 11.5. The maximum absolute atomic E-state index is 9.79. The maximum atomic E-state index is 9.79. The number of aliphatic hydroxyl groups is 1. The Bertz CT molecular complexity index is 518. The zero-order chi connectivity index (χ0) is 13.8. The second-order valence-corrected chi connectivity index (χ2v) is 5.46. The van der Waals surface area contributed by atoms with Crippen LogP contribution >= 0.6 is 0 Å². The molecule has 1 atom stereocenters. The number of imidazole rings is 1. The Labute approximate surface area is 118 Å². The van der Waals surface area contributed by atoms with Gasteiger partial charge in [-0.2, -0.15) is 0 Å². The summed E-state index contributed by atoms with van der Waals surface area (Å²) in [6, 6.07) is 5.93. The average molecular weight is 275 g/mol. The highest BCUT2D eigenvalue weighted by atomic mass is 16.5. The molecule has 0 aromatic carbocycles. The summed E-state index contributed by atoms with van der Waals surface area (Å²) < 4.78 is 7.45. The van der Waals surface area contributed by atoms with E-state index in [9.17, 15) is 5.11 Å². The molecule has 1 saturated carbocycles. The standard InChI is InChI=1S/C15H21N3O2/c19-14(11-20-10-12-4-5-12)8-16-7-13-9-18-6-2-1-3-15(18)17-13/h1-3,6,9,12,14,16,19H,4-5,7-8,10-11H2. The van der Waals surface area contributed by atoms with Gasteiger partial charge in [0.25, 0.3) is 0 Å². The van der Waals surface area contributed by atoms with Crippen LogP contribution < -0.4 is 5.32 Å². The summed E-state index contributed by atoms with van der Waals surface area (Å²) in [6.07, 6.45) is 6.08. The molecule has 2 aromatic rings. The molecular formula is C15H21N3O2. The quantitative estimate of drug-likeness (QED) is 0.760. The van der Waals surface area contributed by atoms with Crippen LogP contribution in [0.5, 0.6) is 0 Å². The third-order valence-electron chi connectivity index (χ3n) is 3.46. The topological polar surface area (TPSA) is 58.8 Å². The van der Waals surface area contributed by atoms with Crippen molar-refractivity contribution in [2.24, 2.45) is 5.92 Å². The fraction of sp³-hybridized carbons (Fsp3) is 0.533. The molecule has 1 fully saturated rings. The summed E-state index contributed by atoms with van der Waals surface area (Å²) >= 11 is 0. The van der Waals surface area contributed by atoms with E-state index >= 15 is 0 Å². The molecule has 5 heteroatoms. The molecule has 3 rings (SSSR count). The molecule has 1 unspecified atom stereocenters. The van der Waals surface area contributed by atoms with Crippen molar-refractivity contribution in [2.45, 2.75) is 25.5 Å². The molecular weight excluding hydrogens is 254 g/mol. The second kappa shape index (κ2) is 6.35. The number of nitrogens with one attached hydrogen (secondary N) is 1. The lowest BCUT2D eigenvalue weighted by molar-refractivity contribution is 0.0324. The summed E-state index contributed by atoms with van der Waals surface area (Å²) in [5.41, 5.74) is 1.92. The normalized spacial score (nSPS) is 16.6. The highest BCUT2D eigenvalue weighted by Gasteiger charge is 2.21. The van der Waals surface area contributed by atoms with Gasteiger partial charge in [-0.25, -0.2) is 4.98 Å². The number of ether oxygens (including phenoxy) is 1. The molecule has 1 aliphatic carbocycles. The molecule has 0 saturated heterocycles. The van der Waals surface area contributed by atoms with E-state index in [1.165, 1.54) is 12.8 Å². The van der Waals surface area contributed by atoms with Crippen molar-refractivity contribution >= 4 is 5.65 Å². The van der Waals surface area contributed by atoms with Crippen molar-refractivity contribution in [3.8, 4) is 0 Å². The van der Waals surface area contributed by atoms with Crippen LogP contribution in [-0.2, 0) is 11.3 Å². The first-order chi connectivity index (χ1) is 9.81.